The molecule has 1 aliphatic carbocycles. The Morgan fingerprint density at radius 3 is 2.88 bits per heavy atom. The zero-order valence-electron chi connectivity index (χ0n) is 10.4. The molecule has 1 saturated carbocycles. The first-order valence-electron chi connectivity index (χ1n) is 6.26. The number of aryl methyl sites for hydroxylation is 1. The highest BCUT2D eigenvalue weighted by molar-refractivity contribution is 9.10. The van der Waals surface area contributed by atoms with Crippen LogP contribution in [0.15, 0.2) is 16.7 Å². The first-order valence-corrected chi connectivity index (χ1v) is 7.06. The van der Waals surface area contributed by atoms with E-state index in [0.29, 0.717) is 6.04 Å². The summed E-state index contributed by atoms with van der Waals surface area (Å²) >= 11 is 3.43. The highest BCUT2D eigenvalue weighted by Gasteiger charge is 2.27. The minimum atomic E-state index is 0.0565. The summed E-state index contributed by atoms with van der Waals surface area (Å²) in [6.07, 6.45) is 5.23. The lowest BCUT2D eigenvalue weighted by atomic mass is 9.82. The van der Waals surface area contributed by atoms with Crippen LogP contribution in [0.2, 0.25) is 0 Å². The second-order valence-corrected chi connectivity index (χ2v) is 5.90. The summed E-state index contributed by atoms with van der Waals surface area (Å²) in [7, 11) is 0. The third kappa shape index (κ3) is 2.92. The third-order valence-corrected chi connectivity index (χ3v) is 3.70. The van der Waals surface area contributed by atoms with Crippen LogP contribution in [0.5, 0.6) is 0 Å². The van der Waals surface area contributed by atoms with Gasteiger partial charge in [-0.15, -0.1) is 0 Å². The molecule has 1 heterocycles. The van der Waals surface area contributed by atoms with Crippen LogP contribution in [-0.2, 0) is 6.54 Å². The van der Waals surface area contributed by atoms with E-state index in [2.05, 4.69) is 35.1 Å². The minimum Gasteiger partial charge on any atom is -0.348 e. The van der Waals surface area contributed by atoms with Gasteiger partial charge in [-0.3, -0.25) is 4.79 Å². The van der Waals surface area contributed by atoms with Crippen LogP contribution in [0.1, 0.15) is 43.6 Å². The molecule has 1 aromatic heterocycles. The Labute approximate surface area is 111 Å². The summed E-state index contributed by atoms with van der Waals surface area (Å²) in [4.78, 5) is 12.1. The van der Waals surface area contributed by atoms with E-state index in [0.717, 1.165) is 41.9 Å². The monoisotopic (exact) mass is 298 g/mol. The Hall–Kier alpha value is -0.770. The van der Waals surface area contributed by atoms with Gasteiger partial charge in [0.15, 0.2) is 0 Å². The smallest absolute Gasteiger partial charge is 0.268 e. The standard InChI is InChI=1S/C13H19BrN2O/c1-3-4-16-8-10(14)7-12(16)13(17)15-11-5-9(2)6-11/h7-9,11H,3-6H2,1-2H3,(H,15,17). The molecule has 0 radical (unpaired) electrons. The first kappa shape index (κ1) is 12.7. The molecular weight excluding hydrogens is 280 g/mol. The van der Waals surface area contributed by atoms with Gasteiger partial charge in [0.25, 0.3) is 5.91 Å². The minimum absolute atomic E-state index is 0.0565. The molecule has 1 N–H and O–H groups in total. The van der Waals surface area contributed by atoms with Crippen molar-refractivity contribution in [2.75, 3.05) is 0 Å². The lowest BCUT2D eigenvalue weighted by Gasteiger charge is -2.33. The number of rotatable bonds is 4. The second kappa shape index (κ2) is 5.25. The molecule has 0 spiro atoms. The molecule has 1 aromatic rings. The molecule has 1 amide bonds. The Morgan fingerprint density at radius 2 is 2.29 bits per heavy atom. The molecule has 2 rings (SSSR count). The highest BCUT2D eigenvalue weighted by atomic mass is 79.9. The number of hydrogen-bond donors (Lipinski definition) is 1. The molecule has 0 bridgehead atoms. The van der Waals surface area contributed by atoms with Gasteiger partial charge in [-0.2, -0.15) is 0 Å². The first-order chi connectivity index (χ1) is 8.10. The van der Waals surface area contributed by atoms with Crippen LogP contribution in [0.4, 0.5) is 0 Å². The van der Waals surface area contributed by atoms with E-state index in [1.165, 1.54) is 0 Å². The van der Waals surface area contributed by atoms with E-state index in [1.54, 1.807) is 0 Å². The number of nitrogens with one attached hydrogen (secondary N) is 1. The Bertz CT molecular complexity index is 408. The SMILES string of the molecule is CCCn1cc(Br)cc1C(=O)NC1CC(C)C1. The predicted molar refractivity (Wildman–Crippen MR) is 72.1 cm³/mol. The fourth-order valence-corrected chi connectivity index (χ4v) is 2.83. The Morgan fingerprint density at radius 1 is 1.59 bits per heavy atom. The van der Waals surface area contributed by atoms with Crippen LogP contribution in [0, 0.1) is 5.92 Å². The summed E-state index contributed by atoms with van der Waals surface area (Å²) in [5.41, 5.74) is 0.762. The van der Waals surface area contributed by atoms with Crippen LogP contribution in [0.25, 0.3) is 0 Å². The Balaban J connectivity index is 2.02. The molecule has 1 aliphatic rings. The lowest BCUT2D eigenvalue weighted by molar-refractivity contribution is 0.0886. The van der Waals surface area contributed by atoms with Gasteiger partial charge in [0.1, 0.15) is 5.69 Å². The van der Waals surface area contributed by atoms with Gasteiger partial charge in [0.2, 0.25) is 0 Å². The van der Waals surface area contributed by atoms with Gasteiger partial charge in [0, 0.05) is 23.3 Å². The molecular formula is C13H19BrN2O. The van der Waals surface area contributed by atoms with Crippen LogP contribution in [0.3, 0.4) is 0 Å². The van der Waals surface area contributed by atoms with Crippen molar-refractivity contribution < 1.29 is 4.79 Å². The summed E-state index contributed by atoms with van der Waals surface area (Å²) in [5.74, 6) is 0.815. The average Bonchev–Trinajstić information content (AvgIpc) is 2.58. The van der Waals surface area contributed by atoms with Gasteiger partial charge >= 0.3 is 0 Å². The van der Waals surface area contributed by atoms with Gasteiger partial charge < -0.3 is 9.88 Å². The predicted octanol–water partition coefficient (Wildman–Crippen LogP) is 3.19. The number of hydrogen-bond acceptors (Lipinski definition) is 1. The van der Waals surface area contributed by atoms with E-state index in [4.69, 9.17) is 0 Å². The summed E-state index contributed by atoms with van der Waals surface area (Å²) in [6.45, 7) is 5.22. The van der Waals surface area contributed by atoms with Crippen molar-refractivity contribution in [1.29, 1.82) is 0 Å². The molecule has 94 valence electrons. The van der Waals surface area contributed by atoms with Crippen LogP contribution in [-0.4, -0.2) is 16.5 Å². The number of halogens is 1. The largest absolute Gasteiger partial charge is 0.348 e. The zero-order valence-corrected chi connectivity index (χ0v) is 12.0. The molecule has 1 fully saturated rings. The summed E-state index contributed by atoms with van der Waals surface area (Å²) in [5, 5.41) is 3.09. The number of nitrogens with zero attached hydrogens (tertiary/aromatic N) is 1. The number of aromatic nitrogens is 1. The summed E-state index contributed by atoms with van der Waals surface area (Å²) < 4.78 is 2.99. The summed E-state index contributed by atoms with van der Waals surface area (Å²) in [6, 6.07) is 2.27. The van der Waals surface area contributed by atoms with Crippen molar-refractivity contribution in [3.05, 3.63) is 22.4 Å². The molecule has 0 aromatic carbocycles. The topological polar surface area (TPSA) is 34.0 Å². The van der Waals surface area contributed by atoms with Crippen molar-refractivity contribution >= 4 is 21.8 Å². The number of carbonyl (C=O) groups excluding carboxylic acids is 1. The van der Waals surface area contributed by atoms with Crippen molar-refractivity contribution in [3.63, 3.8) is 0 Å². The molecule has 0 unspecified atom stereocenters. The highest BCUT2D eigenvalue weighted by Crippen LogP contribution is 2.26. The van der Waals surface area contributed by atoms with Gasteiger partial charge in [-0.05, 0) is 47.2 Å². The van der Waals surface area contributed by atoms with E-state index < -0.39 is 0 Å². The molecule has 17 heavy (non-hydrogen) atoms. The van der Waals surface area contributed by atoms with E-state index in [-0.39, 0.29) is 5.91 Å². The fourth-order valence-electron chi connectivity index (χ4n) is 2.37. The Kier molecular flexibility index (Phi) is 3.92. The molecule has 4 heteroatoms. The van der Waals surface area contributed by atoms with Crippen LogP contribution >= 0.6 is 15.9 Å². The maximum absolute atomic E-state index is 12.1. The maximum Gasteiger partial charge on any atom is 0.268 e. The number of amides is 1. The van der Waals surface area contributed by atoms with E-state index >= 15 is 0 Å². The lowest BCUT2D eigenvalue weighted by Crippen LogP contribution is -2.43. The normalized spacial score (nSPS) is 23.2. The quantitative estimate of drug-likeness (QED) is 0.910. The third-order valence-electron chi connectivity index (χ3n) is 3.27. The van der Waals surface area contributed by atoms with Gasteiger partial charge in [-0.25, -0.2) is 0 Å². The van der Waals surface area contributed by atoms with E-state index in [9.17, 15) is 4.79 Å². The van der Waals surface area contributed by atoms with Crippen molar-refractivity contribution in [3.8, 4) is 0 Å². The zero-order chi connectivity index (χ0) is 12.4. The van der Waals surface area contributed by atoms with Gasteiger partial charge in [-0.1, -0.05) is 13.8 Å². The average molecular weight is 299 g/mol. The van der Waals surface area contributed by atoms with Crippen molar-refractivity contribution in [2.45, 2.75) is 45.7 Å². The van der Waals surface area contributed by atoms with Gasteiger partial charge in [0.05, 0.1) is 0 Å². The van der Waals surface area contributed by atoms with Crippen LogP contribution < -0.4 is 5.32 Å². The van der Waals surface area contributed by atoms with Crippen molar-refractivity contribution in [1.82, 2.24) is 9.88 Å². The second-order valence-electron chi connectivity index (χ2n) is 4.98. The molecule has 0 atom stereocenters. The molecule has 0 aliphatic heterocycles. The number of carbonyl (C=O) groups is 1. The molecule has 0 saturated heterocycles. The van der Waals surface area contributed by atoms with E-state index in [1.807, 2.05) is 16.8 Å². The fraction of sp³-hybridized carbons (Fsp3) is 0.615. The molecule has 3 nitrogen and oxygen atoms in total. The maximum atomic E-state index is 12.1. The van der Waals surface area contributed by atoms with Crippen molar-refractivity contribution in [2.24, 2.45) is 5.92 Å².